The number of hydrogen-bond acceptors (Lipinski definition) is 4. The van der Waals surface area contributed by atoms with Crippen LogP contribution in [0.3, 0.4) is 0 Å². The standard InChI is InChI=1S/C15H22O4/c1-4-18-13(16)15(14(17)19-5-2)8-11-7-6-10(3)12(11)9-15/h11-12H,3-9H2,1-2H3/t11-,12-/m1/s1. The normalized spacial score (nSPS) is 28.0. The van der Waals surface area contributed by atoms with Crippen LogP contribution in [0.25, 0.3) is 0 Å². The highest BCUT2D eigenvalue weighted by Gasteiger charge is 2.59. The third kappa shape index (κ3) is 2.28. The lowest BCUT2D eigenvalue weighted by Crippen LogP contribution is -2.40. The van der Waals surface area contributed by atoms with Crippen LogP contribution in [0.5, 0.6) is 0 Å². The van der Waals surface area contributed by atoms with E-state index in [1.54, 1.807) is 13.8 Å². The number of hydrogen-bond donors (Lipinski definition) is 0. The summed E-state index contributed by atoms with van der Waals surface area (Å²) < 4.78 is 10.3. The second-order valence-electron chi connectivity index (χ2n) is 5.49. The smallest absolute Gasteiger partial charge is 0.323 e. The van der Waals surface area contributed by atoms with Gasteiger partial charge in [-0.05, 0) is 51.4 Å². The number of allylic oxidation sites excluding steroid dienone is 1. The second kappa shape index (κ2) is 5.35. The van der Waals surface area contributed by atoms with Crippen molar-refractivity contribution in [2.45, 2.75) is 39.5 Å². The predicted octanol–water partition coefficient (Wildman–Crippen LogP) is 2.48. The summed E-state index contributed by atoms with van der Waals surface area (Å²) in [6.07, 6.45) is 3.09. The zero-order chi connectivity index (χ0) is 14.0. The summed E-state index contributed by atoms with van der Waals surface area (Å²) in [5, 5.41) is 0. The molecule has 2 atom stereocenters. The molecule has 106 valence electrons. The summed E-state index contributed by atoms with van der Waals surface area (Å²) >= 11 is 0. The van der Waals surface area contributed by atoms with Gasteiger partial charge in [0.25, 0.3) is 0 Å². The first-order valence-electron chi connectivity index (χ1n) is 7.07. The fraction of sp³-hybridized carbons (Fsp3) is 0.733. The lowest BCUT2D eigenvalue weighted by Gasteiger charge is -2.25. The van der Waals surface area contributed by atoms with E-state index in [1.807, 2.05) is 0 Å². The Morgan fingerprint density at radius 2 is 1.79 bits per heavy atom. The predicted molar refractivity (Wildman–Crippen MR) is 70.3 cm³/mol. The maximum Gasteiger partial charge on any atom is 0.323 e. The first-order chi connectivity index (χ1) is 9.05. The van der Waals surface area contributed by atoms with Crippen molar-refractivity contribution in [1.82, 2.24) is 0 Å². The van der Waals surface area contributed by atoms with Gasteiger partial charge in [0.1, 0.15) is 0 Å². The molecule has 2 saturated carbocycles. The molecule has 0 heterocycles. The van der Waals surface area contributed by atoms with Gasteiger partial charge >= 0.3 is 11.9 Å². The number of rotatable bonds is 4. The van der Waals surface area contributed by atoms with Crippen LogP contribution in [-0.4, -0.2) is 25.2 Å². The van der Waals surface area contributed by atoms with Gasteiger partial charge in [-0.15, -0.1) is 0 Å². The molecule has 0 unspecified atom stereocenters. The molecule has 2 rings (SSSR count). The first-order valence-corrected chi connectivity index (χ1v) is 7.07. The van der Waals surface area contributed by atoms with Gasteiger partial charge in [-0.3, -0.25) is 9.59 Å². The molecule has 2 aliphatic carbocycles. The van der Waals surface area contributed by atoms with E-state index in [-0.39, 0.29) is 19.1 Å². The van der Waals surface area contributed by atoms with E-state index in [9.17, 15) is 9.59 Å². The van der Waals surface area contributed by atoms with Gasteiger partial charge in [-0.1, -0.05) is 12.2 Å². The number of esters is 2. The average molecular weight is 266 g/mol. The minimum absolute atomic E-state index is 0.272. The number of carbonyl (C=O) groups excluding carboxylic acids is 2. The zero-order valence-electron chi connectivity index (χ0n) is 11.7. The summed E-state index contributed by atoms with van der Waals surface area (Å²) in [4.78, 5) is 24.5. The molecule has 4 heteroatoms. The van der Waals surface area contributed by atoms with E-state index in [1.165, 1.54) is 5.57 Å². The SMILES string of the molecule is C=C1CC[C@@H]2CC(C(=O)OCC)(C(=O)OCC)C[C@H]12. The molecule has 0 saturated heterocycles. The van der Waals surface area contributed by atoms with Crippen LogP contribution in [0.4, 0.5) is 0 Å². The van der Waals surface area contributed by atoms with Crippen LogP contribution in [0.15, 0.2) is 12.2 Å². The van der Waals surface area contributed by atoms with Crippen molar-refractivity contribution in [2.24, 2.45) is 17.3 Å². The average Bonchev–Trinajstić information content (AvgIpc) is 2.91. The third-order valence-electron chi connectivity index (χ3n) is 4.44. The van der Waals surface area contributed by atoms with Crippen molar-refractivity contribution in [3.05, 3.63) is 12.2 Å². The van der Waals surface area contributed by atoms with Crippen molar-refractivity contribution in [2.75, 3.05) is 13.2 Å². The second-order valence-corrected chi connectivity index (χ2v) is 5.49. The zero-order valence-corrected chi connectivity index (χ0v) is 11.7. The monoisotopic (exact) mass is 266 g/mol. The summed E-state index contributed by atoms with van der Waals surface area (Å²) in [5.41, 5.74) is 0.0746. The highest BCUT2D eigenvalue weighted by molar-refractivity contribution is 6.00. The van der Waals surface area contributed by atoms with E-state index >= 15 is 0 Å². The molecule has 0 spiro atoms. The molecule has 0 bridgehead atoms. The Morgan fingerprint density at radius 1 is 1.21 bits per heavy atom. The maximum absolute atomic E-state index is 12.3. The van der Waals surface area contributed by atoms with Crippen LogP contribution in [0, 0.1) is 17.3 Å². The Bertz CT molecular complexity index is 381. The molecule has 4 nitrogen and oxygen atoms in total. The molecule has 0 aliphatic heterocycles. The van der Waals surface area contributed by atoms with Crippen LogP contribution in [-0.2, 0) is 19.1 Å². The Morgan fingerprint density at radius 3 is 2.26 bits per heavy atom. The van der Waals surface area contributed by atoms with Gasteiger partial charge in [-0.25, -0.2) is 0 Å². The highest BCUT2D eigenvalue weighted by atomic mass is 16.6. The Hall–Kier alpha value is -1.32. The van der Waals surface area contributed by atoms with Crippen molar-refractivity contribution < 1.29 is 19.1 Å². The molecule has 2 aliphatic rings. The van der Waals surface area contributed by atoms with E-state index in [4.69, 9.17) is 9.47 Å². The minimum Gasteiger partial charge on any atom is -0.465 e. The lowest BCUT2D eigenvalue weighted by molar-refractivity contribution is -0.172. The first kappa shape index (κ1) is 14.1. The topological polar surface area (TPSA) is 52.6 Å². The molecule has 0 aromatic carbocycles. The molecular weight excluding hydrogens is 244 g/mol. The summed E-state index contributed by atoms with van der Waals surface area (Å²) in [6, 6.07) is 0. The van der Waals surface area contributed by atoms with Crippen molar-refractivity contribution in [1.29, 1.82) is 0 Å². The van der Waals surface area contributed by atoms with E-state index in [2.05, 4.69) is 6.58 Å². The van der Waals surface area contributed by atoms with Gasteiger partial charge in [0.2, 0.25) is 0 Å². The molecule has 0 radical (unpaired) electrons. The van der Waals surface area contributed by atoms with Crippen LogP contribution in [0.1, 0.15) is 39.5 Å². The quantitative estimate of drug-likeness (QED) is 0.445. The molecule has 0 N–H and O–H groups in total. The van der Waals surface area contributed by atoms with E-state index in [0.717, 1.165) is 12.8 Å². The lowest BCUT2D eigenvalue weighted by atomic mass is 9.83. The van der Waals surface area contributed by atoms with Gasteiger partial charge in [0, 0.05) is 0 Å². The van der Waals surface area contributed by atoms with Crippen molar-refractivity contribution in [3.8, 4) is 0 Å². The van der Waals surface area contributed by atoms with Gasteiger partial charge < -0.3 is 9.47 Å². The highest BCUT2D eigenvalue weighted by Crippen LogP contribution is 2.55. The summed E-state index contributed by atoms with van der Waals surface area (Å²) in [5.74, 6) is -0.193. The maximum atomic E-state index is 12.3. The fourth-order valence-corrected chi connectivity index (χ4v) is 3.51. The van der Waals surface area contributed by atoms with Crippen LogP contribution < -0.4 is 0 Å². The fourth-order valence-electron chi connectivity index (χ4n) is 3.51. The molecule has 19 heavy (non-hydrogen) atoms. The molecule has 0 amide bonds. The summed E-state index contributed by atoms with van der Waals surface area (Å²) in [6.45, 7) is 8.16. The van der Waals surface area contributed by atoms with E-state index in [0.29, 0.717) is 18.8 Å². The Kier molecular flexibility index (Phi) is 3.97. The third-order valence-corrected chi connectivity index (χ3v) is 4.44. The van der Waals surface area contributed by atoms with Gasteiger partial charge in [0.15, 0.2) is 5.41 Å². The molecule has 0 aromatic rings. The van der Waals surface area contributed by atoms with Crippen molar-refractivity contribution in [3.63, 3.8) is 0 Å². The Balaban J connectivity index is 2.24. The van der Waals surface area contributed by atoms with Gasteiger partial charge in [0.05, 0.1) is 13.2 Å². The van der Waals surface area contributed by atoms with E-state index < -0.39 is 17.4 Å². The molecule has 0 aromatic heterocycles. The molecular formula is C15H22O4. The molecule has 2 fully saturated rings. The van der Waals surface area contributed by atoms with Crippen LogP contribution >= 0.6 is 0 Å². The van der Waals surface area contributed by atoms with Crippen molar-refractivity contribution >= 4 is 11.9 Å². The van der Waals surface area contributed by atoms with Gasteiger partial charge in [-0.2, -0.15) is 0 Å². The number of ether oxygens (including phenoxy) is 2. The number of carbonyl (C=O) groups is 2. The number of fused-ring (bicyclic) bond motifs is 1. The van der Waals surface area contributed by atoms with Crippen LogP contribution in [0.2, 0.25) is 0 Å². The largest absolute Gasteiger partial charge is 0.465 e. The minimum atomic E-state index is -1.09. The summed E-state index contributed by atoms with van der Waals surface area (Å²) in [7, 11) is 0. The Labute approximate surface area is 114 Å².